The predicted octanol–water partition coefficient (Wildman–Crippen LogP) is 3.07. The first-order valence-electron chi connectivity index (χ1n) is 4.38. The molecule has 13 heavy (non-hydrogen) atoms. The summed E-state index contributed by atoms with van der Waals surface area (Å²) in [6, 6.07) is 8.23. The molecular formula is C11H11BrO. The normalized spacial score (nSPS) is 19.7. The van der Waals surface area contributed by atoms with Crippen LogP contribution in [0, 0.1) is 0 Å². The maximum Gasteiger partial charge on any atom is 0.134 e. The number of ketones is 1. The Balaban J connectivity index is 2.31. The molecule has 1 aliphatic carbocycles. The molecule has 1 aromatic carbocycles. The second-order valence-corrected chi connectivity index (χ2v) is 4.88. The number of rotatable bonds is 1. The molecule has 0 saturated heterocycles. The molecule has 0 spiro atoms. The van der Waals surface area contributed by atoms with E-state index in [-0.39, 0.29) is 5.41 Å². The third kappa shape index (κ3) is 1.55. The zero-order valence-corrected chi connectivity index (χ0v) is 9.10. The second-order valence-electron chi connectivity index (χ2n) is 3.96. The topological polar surface area (TPSA) is 17.1 Å². The van der Waals surface area contributed by atoms with Gasteiger partial charge < -0.3 is 0 Å². The molecule has 0 amide bonds. The lowest BCUT2D eigenvalue weighted by Gasteiger charge is -2.37. The van der Waals surface area contributed by atoms with Crippen LogP contribution in [0.3, 0.4) is 0 Å². The molecular weight excluding hydrogens is 228 g/mol. The van der Waals surface area contributed by atoms with Crippen LogP contribution in [0.4, 0.5) is 0 Å². The monoisotopic (exact) mass is 238 g/mol. The van der Waals surface area contributed by atoms with Crippen molar-refractivity contribution in [2.75, 3.05) is 0 Å². The molecule has 0 aromatic heterocycles. The minimum absolute atomic E-state index is 0.0981. The molecule has 1 aromatic rings. The molecule has 1 aliphatic rings. The Morgan fingerprint density at radius 3 is 2.62 bits per heavy atom. The molecule has 0 bridgehead atoms. The van der Waals surface area contributed by atoms with Crippen LogP contribution in [0.5, 0.6) is 0 Å². The van der Waals surface area contributed by atoms with Crippen LogP contribution in [-0.4, -0.2) is 5.78 Å². The van der Waals surface area contributed by atoms with Gasteiger partial charge in [-0.25, -0.2) is 0 Å². The summed E-state index contributed by atoms with van der Waals surface area (Å²) in [6.45, 7) is 2.15. The van der Waals surface area contributed by atoms with Crippen molar-refractivity contribution in [2.45, 2.75) is 25.2 Å². The molecule has 0 N–H and O–H groups in total. The average molecular weight is 239 g/mol. The number of hydrogen-bond donors (Lipinski definition) is 0. The highest BCUT2D eigenvalue weighted by Gasteiger charge is 2.40. The predicted molar refractivity (Wildman–Crippen MR) is 55.7 cm³/mol. The van der Waals surface area contributed by atoms with Gasteiger partial charge in [0, 0.05) is 22.7 Å². The van der Waals surface area contributed by atoms with E-state index in [1.54, 1.807) is 0 Å². The largest absolute Gasteiger partial charge is 0.300 e. The van der Waals surface area contributed by atoms with E-state index in [1.165, 1.54) is 5.56 Å². The van der Waals surface area contributed by atoms with E-state index in [9.17, 15) is 4.79 Å². The summed E-state index contributed by atoms with van der Waals surface area (Å²) in [5.41, 5.74) is 1.36. The van der Waals surface area contributed by atoms with E-state index in [1.807, 2.05) is 12.1 Å². The summed E-state index contributed by atoms with van der Waals surface area (Å²) in [4.78, 5) is 11.0. The highest BCUT2D eigenvalue weighted by molar-refractivity contribution is 9.10. The average Bonchev–Trinajstić information content (AvgIpc) is 2.02. The molecule has 2 rings (SSSR count). The molecule has 0 radical (unpaired) electrons. The molecule has 1 saturated carbocycles. The Hall–Kier alpha value is -0.630. The van der Waals surface area contributed by atoms with Gasteiger partial charge in [-0.15, -0.1) is 0 Å². The van der Waals surface area contributed by atoms with Crippen LogP contribution in [0.15, 0.2) is 28.7 Å². The minimum Gasteiger partial charge on any atom is -0.300 e. The summed E-state index contributed by atoms with van der Waals surface area (Å²) < 4.78 is 1.09. The van der Waals surface area contributed by atoms with E-state index < -0.39 is 0 Å². The van der Waals surface area contributed by atoms with Gasteiger partial charge in [-0.05, 0) is 17.7 Å². The van der Waals surface area contributed by atoms with Crippen LogP contribution in [0.2, 0.25) is 0 Å². The first-order valence-corrected chi connectivity index (χ1v) is 5.17. The molecule has 1 fully saturated rings. The lowest BCUT2D eigenvalue weighted by atomic mass is 9.65. The van der Waals surface area contributed by atoms with E-state index in [4.69, 9.17) is 0 Å². The number of hydrogen-bond acceptors (Lipinski definition) is 1. The first-order chi connectivity index (χ1) is 6.10. The number of benzene rings is 1. The van der Waals surface area contributed by atoms with Gasteiger partial charge in [0.1, 0.15) is 5.78 Å². The third-order valence-electron chi connectivity index (χ3n) is 2.70. The fourth-order valence-corrected chi connectivity index (χ4v) is 2.29. The van der Waals surface area contributed by atoms with Crippen LogP contribution in [0.25, 0.3) is 0 Å². The third-order valence-corrected chi connectivity index (χ3v) is 3.19. The number of halogens is 1. The fourth-order valence-electron chi connectivity index (χ4n) is 1.89. The Morgan fingerprint density at radius 1 is 1.38 bits per heavy atom. The lowest BCUT2D eigenvalue weighted by molar-refractivity contribution is -0.127. The number of carbonyl (C=O) groups is 1. The molecule has 68 valence electrons. The quantitative estimate of drug-likeness (QED) is 0.736. The molecule has 0 atom stereocenters. The molecule has 0 heterocycles. The van der Waals surface area contributed by atoms with E-state index in [2.05, 4.69) is 35.0 Å². The van der Waals surface area contributed by atoms with Crippen molar-refractivity contribution >= 4 is 21.7 Å². The minimum atomic E-state index is 0.0981. The summed E-state index contributed by atoms with van der Waals surface area (Å²) >= 11 is 3.44. The van der Waals surface area contributed by atoms with Crippen LogP contribution >= 0.6 is 15.9 Å². The second kappa shape index (κ2) is 2.95. The van der Waals surface area contributed by atoms with Crippen molar-refractivity contribution in [1.82, 2.24) is 0 Å². The van der Waals surface area contributed by atoms with Gasteiger partial charge in [-0.1, -0.05) is 35.0 Å². The van der Waals surface area contributed by atoms with Gasteiger partial charge in [-0.2, -0.15) is 0 Å². The zero-order valence-electron chi connectivity index (χ0n) is 7.51. The molecule has 0 unspecified atom stereocenters. The Labute approximate surface area is 86.3 Å². The Morgan fingerprint density at radius 2 is 2.08 bits per heavy atom. The maximum absolute atomic E-state index is 11.0. The zero-order chi connectivity index (χ0) is 9.47. The van der Waals surface area contributed by atoms with Crippen molar-refractivity contribution in [2.24, 2.45) is 0 Å². The van der Waals surface area contributed by atoms with Gasteiger partial charge in [-0.3, -0.25) is 4.79 Å². The summed E-state index contributed by atoms with van der Waals surface area (Å²) in [5, 5.41) is 0. The van der Waals surface area contributed by atoms with Crippen molar-refractivity contribution in [3.63, 3.8) is 0 Å². The highest BCUT2D eigenvalue weighted by atomic mass is 79.9. The standard InChI is InChI=1S/C11H11BrO/c1-11(6-10(13)7-11)8-3-2-4-9(12)5-8/h2-5H,6-7H2,1H3. The lowest BCUT2D eigenvalue weighted by Crippen LogP contribution is -2.38. The van der Waals surface area contributed by atoms with Gasteiger partial charge >= 0.3 is 0 Å². The van der Waals surface area contributed by atoms with Crippen molar-refractivity contribution in [1.29, 1.82) is 0 Å². The van der Waals surface area contributed by atoms with Gasteiger partial charge in [0.2, 0.25) is 0 Å². The molecule has 0 aliphatic heterocycles. The van der Waals surface area contributed by atoms with Crippen molar-refractivity contribution < 1.29 is 4.79 Å². The van der Waals surface area contributed by atoms with E-state index in [0.717, 1.165) is 4.47 Å². The molecule has 2 heteroatoms. The van der Waals surface area contributed by atoms with Crippen molar-refractivity contribution in [3.05, 3.63) is 34.3 Å². The van der Waals surface area contributed by atoms with Crippen LogP contribution in [-0.2, 0) is 10.2 Å². The summed E-state index contributed by atoms with van der Waals surface area (Å²) in [6.07, 6.45) is 1.40. The molecule has 1 nitrogen and oxygen atoms in total. The fraction of sp³-hybridized carbons (Fsp3) is 0.364. The summed E-state index contributed by atoms with van der Waals surface area (Å²) in [7, 11) is 0. The first kappa shape index (κ1) is 8.95. The van der Waals surface area contributed by atoms with Gasteiger partial charge in [0.25, 0.3) is 0 Å². The van der Waals surface area contributed by atoms with E-state index >= 15 is 0 Å². The van der Waals surface area contributed by atoms with Gasteiger partial charge in [0.05, 0.1) is 0 Å². The smallest absolute Gasteiger partial charge is 0.134 e. The van der Waals surface area contributed by atoms with Gasteiger partial charge in [0.15, 0.2) is 0 Å². The van der Waals surface area contributed by atoms with Crippen molar-refractivity contribution in [3.8, 4) is 0 Å². The van der Waals surface area contributed by atoms with E-state index in [0.29, 0.717) is 18.6 Å². The van der Waals surface area contributed by atoms with Crippen LogP contribution in [0.1, 0.15) is 25.3 Å². The summed E-state index contributed by atoms with van der Waals surface area (Å²) in [5.74, 6) is 0.377. The highest BCUT2D eigenvalue weighted by Crippen LogP contribution is 2.41. The maximum atomic E-state index is 11.0. The van der Waals surface area contributed by atoms with Crippen LogP contribution < -0.4 is 0 Å². The Kier molecular flexibility index (Phi) is 2.03. The SMILES string of the molecule is CC1(c2cccc(Br)c2)CC(=O)C1. The Bertz CT molecular complexity index is 349. The number of carbonyl (C=O) groups excluding carboxylic acids is 1. The number of Topliss-reactive ketones (excluding diaryl/α,β-unsaturated/α-hetero) is 1.